The fourth-order valence-electron chi connectivity index (χ4n) is 3.39. The predicted octanol–water partition coefficient (Wildman–Crippen LogP) is 3.68. The third-order valence-electron chi connectivity index (χ3n) is 4.75. The van der Waals surface area contributed by atoms with E-state index in [0.29, 0.717) is 28.6 Å². The summed E-state index contributed by atoms with van der Waals surface area (Å²) in [6.45, 7) is 1.78. The summed E-state index contributed by atoms with van der Waals surface area (Å²) < 4.78 is 6.41. The number of benzene rings is 1. The minimum Gasteiger partial charge on any atom is -0.465 e. The molecule has 29 heavy (non-hydrogen) atoms. The Morgan fingerprint density at radius 3 is 2.86 bits per heavy atom. The maximum absolute atomic E-state index is 13.3. The predicted molar refractivity (Wildman–Crippen MR) is 112 cm³/mol. The highest BCUT2D eigenvalue weighted by atomic mass is 35.5. The van der Waals surface area contributed by atoms with Crippen molar-refractivity contribution in [2.75, 3.05) is 11.9 Å². The van der Waals surface area contributed by atoms with Gasteiger partial charge in [-0.1, -0.05) is 23.7 Å². The van der Waals surface area contributed by atoms with Crippen LogP contribution in [0.15, 0.2) is 40.8 Å². The van der Waals surface area contributed by atoms with Gasteiger partial charge in [0.15, 0.2) is 5.82 Å². The Kier molecular flexibility index (Phi) is 5.64. The zero-order chi connectivity index (χ0) is 20.4. The highest BCUT2D eigenvalue weighted by Gasteiger charge is 2.27. The third-order valence-corrected chi connectivity index (χ3v) is 5.77. The largest absolute Gasteiger partial charge is 0.465 e. The Morgan fingerprint density at radius 1 is 1.38 bits per heavy atom. The molecule has 0 spiro atoms. The lowest BCUT2D eigenvalue weighted by atomic mass is 9.96. The molecular formula is C20H19ClN4O3S. The number of nitrogens with zero attached hydrogens (tertiary/aromatic N) is 3. The Balaban J connectivity index is 1.75. The van der Waals surface area contributed by atoms with Crippen molar-refractivity contribution in [3.8, 4) is 10.7 Å². The Labute approximate surface area is 176 Å². The van der Waals surface area contributed by atoms with E-state index in [2.05, 4.69) is 10.3 Å². The van der Waals surface area contributed by atoms with E-state index in [1.54, 1.807) is 18.6 Å². The third kappa shape index (κ3) is 4.04. The Morgan fingerprint density at radius 2 is 2.17 bits per heavy atom. The first-order valence-corrected chi connectivity index (χ1v) is 10.5. The number of ether oxygens (including phenoxy) is 1. The topological polar surface area (TPSA) is 86.1 Å². The second-order valence-electron chi connectivity index (χ2n) is 6.61. The summed E-state index contributed by atoms with van der Waals surface area (Å²) in [5, 5.41) is 3.98. The Bertz CT molecular complexity index is 1080. The minimum atomic E-state index is -0.479. The number of esters is 1. The zero-order valence-electron chi connectivity index (χ0n) is 15.7. The van der Waals surface area contributed by atoms with Crippen LogP contribution < -0.4 is 10.9 Å². The van der Waals surface area contributed by atoms with Gasteiger partial charge < -0.3 is 10.1 Å². The zero-order valence-corrected chi connectivity index (χ0v) is 17.3. The lowest BCUT2D eigenvalue weighted by Crippen LogP contribution is -2.34. The summed E-state index contributed by atoms with van der Waals surface area (Å²) >= 11 is 7.36. The molecule has 0 amide bonds. The molecule has 3 heterocycles. The first kappa shape index (κ1) is 19.6. The average Bonchev–Trinajstić information content (AvgIpc) is 3.25. The van der Waals surface area contributed by atoms with E-state index in [4.69, 9.17) is 21.3 Å². The number of hydrogen-bond acceptors (Lipinski definition) is 7. The van der Waals surface area contributed by atoms with Crippen LogP contribution in [-0.2, 0) is 22.5 Å². The number of halogens is 1. The standard InChI is InChI=1S/C20H19ClN4O3S/c1-2-28-17(26)10-25-19(16-9-22-11-29-16)24-15-8-7-14(23-18(15)20(25)27)12-3-5-13(21)6-4-12/h3-6,9,11,14,23H,2,7-8,10H2,1H3/t14-/m0/s1. The van der Waals surface area contributed by atoms with Crippen molar-refractivity contribution in [2.24, 2.45) is 0 Å². The molecule has 0 saturated heterocycles. The smallest absolute Gasteiger partial charge is 0.326 e. The molecule has 1 aliphatic rings. The average molecular weight is 431 g/mol. The molecular weight excluding hydrogens is 412 g/mol. The van der Waals surface area contributed by atoms with E-state index in [0.717, 1.165) is 16.9 Å². The van der Waals surface area contributed by atoms with E-state index in [1.165, 1.54) is 15.9 Å². The van der Waals surface area contributed by atoms with Crippen molar-refractivity contribution in [2.45, 2.75) is 32.4 Å². The molecule has 0 bridgehead atoms. The maximum Gasteiger partial charge on any atom is 0.326 e. The molecule has 1 aromatic carbocycles. The molecule has 0 saturated carbocycles. The summed E-state index contributed by atoms with van der Waals surface area (Å²) in [7, 11) is 0. The van der Waals surface area contributed by atoms with Gasteiger partial charge >= 0.3 is 5.97 Å². The number of fused-ring (bicyclic) bond motifs is 1. The second-order valence-corrected chi connectivity index (χ2v) is 7.93. The van der Waals surface area contributed by atoms with Crippen LogP contribution in [0.5, 0.6) is 0 Å². The summed E-state index contributed by atoms with van der Waals surface area (Å²) in [4.78, 5) is 35.0. The van der Waals surface area contributed by atoms with Crippen LogP contribution in [0.1, 0.15) is 30.6 Å². The first-order chi connectivity index (χ1) is 14.1. The van der Waals surface area contributed by atoms with Gasteiger partial charge in [0.1, 0.15) is 12.2 Å². The number of carbonyl (C=O) groups is 1. The van der Waals surface area contributed by atoms with Gasteiger partial charge in [0, 0.05) is 11.2 Å². The minimum absolute atomic E-state index is 0.0282. The van der Waals surface area contributed by atoms with Crippen molar-refractivity contribution in [1.82, 2.24) is 14.5 Å². The van der Waals surface area contributed by atoms with Crippen LogP contribution in [0.3, 0.4) is 0 Å². The van der Waals surface area contributed by atoms with Gasteiger partial charge in [-0.25, -0.2) is 4.98 Å². The van der Waals surface area contributed by atoms with Crippen LogP contribution in [-0.4, -0.2) is 27.1 Å². The van der Waals surface area contributed by atoms with E-state index in [-0.39, 0.29) is 24.8 Å². The summed E-state index contributed by atoms with van der Waals surface area (Å²) in [6.07, 6.45) is 3.09. The van der Waals surface area contributed by atoms with Gasteiger partial charge in [-0.2, -0.15) is 0 Å². The van der Waals surface area contributed by atoms with E-state index in [9.17, 15) is 9.59 Å². The molecule has 0 aliphatic carbocycles. The van der Waals surface area contributed by atoms with Gasteiger partial charge in [-0.05, 0) is 37.5 Å². The number of nitrogens with one attached hydrogen (secondary N) is 1. The van der Waals surface area contributed by atoms with Gasteiger partial charge in [0.2, 0.25) is 0 Å². The monoisotopic (exact) mass is 430 g/mol. The fourth-order valence-corrected chi connectivity index (χ4v) is 4.14. The van der Waals surface area contributed by atoms with Gasteiger partial charge in [0.05, 0.1) is 28.7 Å². The van der Waals surface area contributed by atoms with E-state index >= 15 is 0 Å². The fraction of sp³-hybridized carbons (Fsp3) is 0.300. The van der Waals surface area contributed by atoms with E-state index < -0.39 is 5.97 Å². The lowest BCUT2D eigenvalue weighted by Gasteiger charge is -2.27. The lowest BCUT2D eigenvalue weighted by molar-refractivity contribution is -0.143. The molecule has 0 fully saturated rings. The quantitative estimate of drug-likeness (QED) is 0.621. The van der Waals surface area contributed by atoms with Crippen LogP contribution in [0.25, 0.3) is 10.7 Å². The highest BCUT2D eigenvalue weighted by Crippen LogP contribution is 2.32. The van der Waals surface area contributed by atoms with Crippen molar-refractivity contribution in [1.29, 1.82) is 0 Å². The highest BCUT2D eigenvalue weighted by molar-refractivity contribution is 7.13. The number of hydrogen-bond donors (Lipinski definition) is 1. The van der Waals surface area contributed by atoms with Crippen molar-refractivity contribution >= 4 is 34.6 Å². The normalized spacial score (nSPS) is 15.4. The number of aryl methyl sites for hydroxylation is 1. The van der Waals surface area contributed by atoms with Crippen LogP contribution in [0.4, 0.5) is 5.69 Å². The maximum atomic E-state index is 13.3. The second kappa shape index (κ2) is 8.34. The van der Waals surface area contributed by atoms with Gasteiger partial charge in [-0.3, -0.25) is 19.1 Å². The van der Waals surface area contributed by atoms with Crippen LogP contribution in [0.2, 0.25) is 5.02 Å². The number of carbonyl (C=O) groups excluding carboxylic acids is 1. The van der Waals surface area contributed by atoms with Crippen LogP contribution in [0, 0.1) is 0 Å². The Hall–Kier alpha value is -2.71. The van der Waals surface area contributed by atoms with Crippen LogP contribution >= 0.6 is 22.9 Å². The molecule has 3 aromatic rings. The molecule has 7 nitrogen and oxygen atoms in total. The molecule has 9 heteroatoms. The molecule has 4 rings (SSSR count). The number of rotatable bonds is 5. The van der Waals surface area contributed by atoms with E-state index in [1.807, 2.05) is 24.3 Å². The molecule has 1 aliphatic heterocycles. The number of thiazole rings is 1. The summed E-state index contributed by atoms with van der Waals surface area (Å²) in [5.74, 6) is -0.0387. The van der Waals surface area contributed by atoms with Gasteiger partial charge in [-0.15, -0.1) is 11.3 Å². The molecule has 2 aromatic heterocycles. The molecule has 150 valence electrons. The SMILES string of the molecule is CCOC(=O)Cn1c(-c2cncs2)nc2c(c1=O)N[C@H](c1ccc(Cl)cc1)CC2. The first-order valence-electron chi connectivity index (χ1n) is 9.27. The number of aromatic nitrogens is 3. The van der Waals surface area contributed by atoms with Crippen molar-refractivity contribution < 1.29 is 9.53 Å². The molecule has 0 radical (unpaired) electrons. The van der Waals surface area contributed by atoms with Crippen molar-refractivity contribution in [3.63, 3.8) is 0 Å². The number of anilines is 1. The van der Waals surface area contributed by atoms with Crippen molar-refractivity contribution in [3.05, 3.63) is 62.6 Å². The van der Waals surface area contributed by atoms with Gasteiger partial charge in [0.25, 0.3) is 5.56 Å². The molecule has 0 unspecified atom stereocenters. The molecule has 1 N–H and O–H groups in total. The summed E-state index contributed by atoms with van der Waals surface area (Å²) in [6, 6.07) is 7.53. The molecule has 1 atom stereocenters. The summed E-state index contributed by atoms with van der Waals surface area (Å²) in [5.41, 5.74) is 3.55.